The van der Waals surface area contributed by atoms with Gasteiger partial charge in [-0.25, -0.2) is 0 Å². The summed E-state index contributed by atoms with van der Waals surface area (Å²) in [7, 11) is 0. The van der Waals surface area contributed by atoms with Gasteiger partial charge in [-0.3, -0.25) is 4.79 Å². The Hall–Kier alpha value is -2.09. The Morgan fingerprint density at radius 3 is 2.07 bits per heavy atom. The largest absolute Gasteiger partial charge is 0.458 e. The predicted molar refractivity (Wildman–Crippen MR) is 123 cm³/mol. The van der Waals surface area contributed by atoms with Gasteiger partial charge in [0.15, 0.2) is 0 Å². The molecule has 0 aliphatic carbocycles. The van der Waals surface area contributed by atoms with Crippen molar-refractivity contribution in [2.75, 3.05) is 0 Å². The summed E-state index contributed by atoms with van der Waals surface area (Å²) in [5.41, 5.74) is 4.87. The van der Waals surface area contributed by atoms with Gasteiger partial charge in [0.05, 0.1) is 0 Å². The van der Waals surface area contributed by atoms with E-state index in [0.717, 1.165) is 24.8 Å². The summed E-state index contributed by atoms with van der Waals surface area (Å²) in [4.78, 5) is 12.1. The van der Waals surface area contributed by atoms with Gasteiger partial charge in [-0.05, 0) is 54.4 Å². The molecule has 0 amide bonds. The quantitative estimate of drug-likeness (QED) is 0.270. The van der Waals surface area contributed by atoms with Gasteiger partial charge in [-0.1, -0.05) is 95.0 Å². The fraction of sp³-hybridized carbons (Fsp3) is 0.519. The molecule has 0 fully saturated rings. The van der Waals surface area contributed by atoms with Crippen molar-refractivity contribution in [3.05, 3.63) is 59.7 Å². The third-order valence-electron chi connectivity index (χ3n) is 5.82. The molecular weight excluding hydrogens is 356 g/mol. The number of rotatable bonds is 12. The van der Waals surface area contributed by atoms with E-state index in [2.05, 4.69) is 69.3 Å². The summed E-state index contributed by atoms with van der Waals surface area (Å²) in [6.07, 6.45) is 8.45. The van der Waals surface area contributed by atoms with Gasteiger partial charge < -0.3 is 4.74 Å². The molecule has 2 rings (SSSR count). The summed E-state index contributed by atoms with van der Waals surface area (Å²) in [6, 6.07) is 17.3. The van der Waals surface area contributed by atoms with Crippen molar-refractivity contribution in [2.24, 2.45) is 5.92 Å². The number of ether oxygens (including phenoxy) is 1. The van der Waals surface area contributed by atoms with Gasteiger partial charge in [0.2, 0.25) is 0 Å². The maximum atomic E-state index is 12.1. The van der Waals surface area contributed by atoms with Gasteiger partial charge in [0.25, 0.3) is 0 Å². The summed E-state index contributed by atoms with van der Waals surface area (Å²) < 4.78 is 5.62. The first-order valence-electron chi connectivity index (χ1n) is 11.4. The average Bonchev–Trinajstić information content (AvgIpc) is 2.74. The van der Waals surface area contributed by atoms with Crippen LogP contribution in [0, 0.1) is 5.92 Å². The average molecular weight is 395 g/mol. The fourth-order valence-electron chi connectivity index (χ4n) is 3.51. The maximum Gasteiger partial charge on any atom is 0.306 e. The van der Waals surface area contributed by atoms with Crippen LogP contribution in [0.3, 0.4) is 0 Å². The van der Waals surface area contributed by atoms with Crippen LogP contribution in [0.2, 0.25) is 0 Å². The van der Waals surface area contributed by atoms with Crippen molar-refractivity contribution in [1.82, 2.24) is 0 Å². The first kappa shape index (κ1) is 23.2. The molecule has 29 heavy (non-hydrogen) atoms. The Morgan fingerprint density at radius 1 is 0.862 bits per heavy atom. The minimum absolute atomic E-state index is 0.0939. The molecule has 0 spiro atoms. The van der Waals surface area contributed by atoms with Crippen LogP contribution in [0.25, 0.3) is 11.1 Å². The zero-order valence-electron chi connectivity index (χ0n) is 18.7. The topological polar surface area (TPSA) is 26.3 Å². The Balaban J connectivity index is 1.86. The van der Waals surface area contributed by atoms with Crippen LogP contribution >= 0.6 is 0 Å². The molecule has 0 aromatic heterocycles. The molecule has 0 aliphatic heterocycles. The molecule has 0 aliphatic rings. The van der Waals surface area contributed by atoms with Crippen LogP contribution in [0.5, 0.6) is 0 Å². The van der Waals surface area contributed by atoms with E-state index in [-0.39, 0.29) is 12.1 Å². The van der Waals surface area contributed by atoms with Crippen LogP contribution in [0.15, 0.2) is 48.5 Å². The number of carbonyl (C=O) groups excluding carboxylic acids is 1. The lowest BCUT2D eigenvalue weighted by atomic mass is 9.99. The van der Waals surface area contributed by atoms with Crippen molar-refractivity contribution in [3.63, 3.8) is 0 Å². The molecule has 0 bridgehead atoms. The molecule has 0 radical (unpaired) electrons. The molecule has 0 heterocycles. The van der Waals surface area contributed by atoms with Gasteiger partial charge in [-0.2, -0.15) is 0 Å². The summed E-state index contributed by atoms with van der Waals surface area (Å²) in [5.74, 6) is 0.585. The van der Waals surface area contributed by atoms with Crippen molar-refractivity contribution in [3.8, 4) is 11.1 Å². The number of unbranched alkanes of at least 4 members (excludes halogenated alkanes) is 2. The van der Waals surface area contributed by atoms with E-state index in [0.29, 0.717) is 12.3 Å². The van der Waals surface area contributed by atoms with E-state index in [1.165, 1.54) is 42.4 Å². The lowest BCUT2D eigenvalue weighted by Crippen LogP contribution is -2.09. The van der Waals surface area contributed by atoms with Gasteiger partial charge in [0.1, 0.15) is 6.10 Å². The molecule has 2 aromatic rings. The second kappa shape index (κ2) is 12.5. The molecule has 0 saturated carbocycles. The molecule has 2 aromatic carbocycles. The molecule has 158 valence electrons. The fourth-order valence-corrected chi connectivity index (χ4v) is 3.51. The molecule has 2 unspecified atom stereocenters. The third-order valence-corrected chi connectivity index (χ3v) is 5.82. The van der Waals surface area contributed by atoms with E-state index in [1.54, 1.807) is 0 Å². The summed E-state index contributed by atoms with van der Waals surface area (Å²) in [5, 5.41) is 0. The van der Waals surface area contributed by atoms with Gasteiger partial charge in [0, 0.05) is 6.42 Å². The van der Waals surface area contributed by atoms with Crippen LogP contribution in [0.1, 0.15) is 89.9 Å². The Bertz CT molecular complexity index is 715. The van der Waals surface area contributed by atoms with E-state index in [9.17, 15) is 4.79 Å². The van der Waals surface area contributed by atoms with Crippen LogP contribution in [0.4, 0.5) is 0 Å². The van der Waals surface area contributed by atoms with Crippen molar-refractivity contribution in [1.29, 1.82) is 0 Å². The Kier molecular flexibility index (Phi) is 9.97. The van der Waals surface area contributed by atoms with Crippen LogP contribution < -0.4 is 0 Å². The Morgan fingerprint density at radius 2 is 1.48 bits per heavy atom. The number of aryl methyl sites for hydroxylation is 1. The molecule has 2 atom stereocenters. The highest BCUT2D eigenvalue weighted by Crippen LogP contribution is 2.25. The normalized spacial score (nSPS) is 13.1. The van der Waals surface area contributed by atoms with Crippen molar-refractivity contribution in [2.45, 2.75) is 85.2 Å². The zero-order chi connectivity index (χ0) is 21.1. The number of hydrogen-bond acceptors (Lipinski definition) is 2. The lowest BCUT2D eigenvalue weighted by Gasteiger charge is -2.15. The molecule has 0 N–H and O–H groups in total. The number of carbonyl (C=O) groups is 1. The molecule has 0 saturated heterocycles. The minimum Gasteiger partial charge on any atom is -0.458 e. The second-order valence-corrected chi connectivity index (χ2v) is 8.31. The van der Waals surface area contributed by atoms with Crippen molar-refractivity contribution >= 4 is 5.97 Å². The third kappa shape index (κ3) is 8.04. The van der Waals surface area contributed by atoms with Crippen LogP contribution in [-0.4, -0.2) is 5.97 Å². The van der Waals surface area contributed by atoms with Crippen molar-refractivity contribution < 1.29 is 9.53 Å². The van der Waals surface area contributed by atoms with E-state index in [4.69, 9.17) is 4.74 Å². The zero-order valence-corrected chi connectivity index (χ0v) is 18.7. The van der Waals surface area contributed by atoms with Gasteiger partial charge in [-0.15, -0.1) is 0 Å². The maximum absolute atomic E-state index is 12.1. The Labute approximate surface area is 177 Å². The summed E-state index contributed by atoms with van der Waals surface area (Å²) in [6.45, 7) is 8.61. The highest BCUT2D eigenvalue weighted by atomic mass is 16.5. The van der Waals surface area contributed by atoms with Gasteiger partial charge >= 0.3 is 5.97 Å². The van der Waals surface area contributed by atoms with Crippen LogP contribution in [-0.2, 0) is 16.0 Å². The minimum atomic E-state index is -0.207. The monoisotopic (exact) mass is 394 g/mol. The molecule has 2 nitrogen and oxygen atoms in total. The SMILES string of the molecule is CCCCCc1ccc(-c2ccc(C(C)OC(=O)CCCC(C)CC)cc2)cc1. The highest BCUT2D eigenvalue weighted by molar-refractivity contribution is 5.69. The van der Waals surface area contributed by atoms with E-state index >= 15 is 0 Å². The standard InChI is InChI=1S/C27H38O2/c1-5-7-8-11-23-13-15-25(16-14-23)26-19-17-24(18-20-26)22(4)29-27(28)12-9-10-21(3)6-2/h13-22H,5-12H2,1-4H3. The number of esters is 1. The van der Waals surface area contributed by atoms with E-state index in [1.807, 2.05) is 6.92 Å². The smallest absolute Gasteiger partial charge is 0.306 e. The molecular formula is C27H38O2. The molecule has 2 heteroatoms. The number of benzene rings is 2. The lowest BCUT2D eigenvalue weighted by molar-refractivity contribution is -0.148. The second-order valence-electron chi connectivity index (χ2n) is 8.31. The highest BCUT2D eigenvalue weighted by Gasteiger charge is 2.12. The number of hydrogen-bond donors (Lipinski definition) is 0. The summed E-state index contributed by atoms with van der Waals surface area (Å²) >= 11 is 0. The first-order valence-corrected chi connectivity index (χ1v) is 11.4. The van der Waals surface area contributed by atoms with E-state index < -0.39 is 0 Å². The predicted octanol–water partition coefficient (Wildman–Crippen LogP) is 7.91. The first-order chi connectivity index (χ1) is 14.0.